The van der Waals surface area contributed by atoms with Crippen LogP contribution in [0, 0.1) is 5.82 Å². The first kappa shape index (κ1) is 23.9. The van der Waals surface area contributed by atoms with Crippen LogP contribution >= 0.6 is 0 Å². The molecule has 36 heavy (non-hydrogen) atoms. The standard InChI is InChI=1S/C25H28FN7O3/c26-21-7-5-19(6-8-21)18-36-22-4-2-1-3-20(22)17-27-31-23-28-24(32-9-13-34-14-10-32)30-25(29-23)33-11-15-35-16-12-33/h1-8,17H,9-16,18H2,(H,28,29,30,31)/b27-17+. The second-order valence-electron chi connectivity index (χ2n) is 8.28. The zero-order valence-corrected chi connectivity index (χ0v) is 19.8. The van der Waals surface area contributed by atoms with E-state index in [4.69, 9.17) is 19.2 Å². The van der Waals surface area contributed by atoms with Crippen LogP contribution in [-0.2, 0) is 16.1 Å². The summed E-state index contributed by atoms with van der Waals surface area (Å²) in [5.41, 5.74) is 4.61. The minimum atomic E-state index is -0.274. The topological polar surface area (TPSA) is 97.2 Å². The van der Waals surface area contributed by atoms with E-state index in [1.165, 1.54) is 12.1 Å². The molecule has 2 fully saturated rings. The maximum atomic E-state index is 13.2. The van der Waals surface area contributed by atoms with Crippen LogP contribution in [-0.4, -0.2) is 73.8 Å². The van der Waals surface area contributed by atoms with Crippen LogP contribution in [0.1, 0.15) is 11.1 Å². The maximum Gasteiger partial charge on any atom is 0.250 e. The molecule has 2 saturated heterocycles. The molecular weight excluding hydrogens is 465 g/mol. The predicted octanol–water partition coefficient (Wildman–Crippen LogP) is 2.71. The molecule has 0 spiro atoms. The summed E-state index contributed by atoms with van der Waals surface area (Å²) in [6.07, 6.45) is 1.66. The Kier molecular flexibility index (Phi) is 7.79. The van der Waals surface area contributed by atoms with E-state index in [0.717, 1.165) is 11.1 Å². The van der Waals surface area contributed by atoms with Gasteiger partial charge in [-0.3, -0.25) is 0 Å². The van der Waals surface area contributed by atoms with E-state index >= 15 is 0 Å². The minimum absolute atomic E-state index is 0.274. The lowest BCUT2D eigenvalue weighted by atomic mass is 10.2. The number of hydrazone groups is 1. The van der Waals surface area contributed by atoms with E-state index in [2.05, 4.69) is 30.3 Å². The Balaban J connectivity index is 1.31. The number of morpholine rings is 2. The van der Waals surface area contributed by atoms with Crippen LogP contribution in [0.15, 0.2) is 53.6 Å². The van der Waals surface area contributed by atoms with Crippen molar-refractivity contribution < 1.29 is 18.6 Å². The van der Waals surface area contributed by atoms with Crippen molar-refractivity contribution in [1.82, 2.24) is 15.0 Å². The fourth-order valence-electron chi connectivity index (χ4n) is 3.83. The summed E-state index contributed by atoms with van der Waals surface area (Å²) in [6, 6.07) is 13.8. The van der Waals surface area contributed by atoms with Crippen molar-refractivity contribution in [1.29, 1.82) is 0 Å². The van der Waals surface area contributed by atoms with Crippen LogP contribution in [0.4, 0.5) is 22.2 Å². The van der Waals surface area contributed by atoms with Crippen molar-refractivity contribution in [3.05, 3.63) is 65.5 Å². The van der Waals surface area contributed by atoms with Gasteiger partial charge in [-0.05, 0) is 29.8 Å². The number of aromatic nitrogens is 3. The molecule has 0 amide bonds. The third kappa shape index (κ3) is 6.23. The van der Waals surface area contributed by atoms with E-state index in [9.17, 15) is 4.39 Å². The first-order chi connectivity index (χ1) is 17.7. The molecule has 11 heteroatoms. The van der Waals surface area contributed by atoms with Gasteiger partial charge in [-0.2, -0.15) is 20.1 Å². The molecule has 0 saturated carbocycles. The number of ether oxygens (including phenoxy) is 3. The zero-order valence-electron chi connectivity index (χ0n) is 19.8. The summed E-state index contributed by atoms with van der Waals surface area (Å²) in [5, 5.41) is 4.37. The highest BCUT2D eigenvalue weighted by Crippen LogP contribution is 2.20. The number of para-hydroxylation sites is 1. The summed E-state index contributed by atoms with van der Waals surface area (Å²) in [6.45, 7) is 5.72. The van der Waals surface area contributed by atoms with E-state index in [1.807, 2.05) is 24.3 Å². The van der Waals surface area contributed by atoms with Gasteiger partial charge in [0.25, 0.3) is 0 Å². The largest absolute Gasteiger partial charge is 0.488 e. The van der Waals surface area contributed by atoms with Gasteiger partial charge in [-0.1, -0.05) is 24.3 Å². The van der Waals surface area contributed by atoms with Crippen molar-refractivity contribution in [2.24, 2.45) is 5.10 Å². The molecule has 0 unspecified atom stereocenters. The zero-order chi connectivity index (χ0) is 24.6. The number of rotatable bonds is 8. The van der Waals surface area contributed by atoms with Crippen molar-refractivity contribution in [3.63, 3.8) is 0 Å². The normalized spacial score (nSPS) is 16.4. The smallest absolute Gasteiger partial charge is 0.250 e. The van der Waals surface area contributed by atoms with Gasteiger partial charge in [-0.15, -0.1) is 0 Å². The van der Waals surface area contributed by atoms with Gasteiger partial charge in [0.2, 0.25) is 17.8 Å². The first-order valence-electron chi connectivity index (χ1n) is 11.9. The third-order valence-corrected chi connectivity index (χ3v) is 5.79. The predicted molar refractivity (Wildman–Crippen MR) is 134 cm³/mol. The first-order valence-corrected chi connectivity index (χ1v) is 11.9. The quantitative estimate of drug-likeness (QED) is 0.375. The molecule has 5 rings (SSSR count). The van der Waals surface area contributed by atoms with E-state index in [1.54, 1.807) is 18.3 Å². The monoisotopic (exact) mass is 493 g/mol. The second kappa shape index (κ2) is 11.7. The fraction of sp³-hybridized carbons (Fsp3) is 0.360. The molecule has 1 aromatic heterocycles. The van der Waals surface area contributed by atoms with Gasteiger partial charge in [-0.25, -0.2) is 9.82 Å². The molecular formula is C25H28FN7O3. The minimum Gasteiger partial charge on any atom is -0.488 e. The van der Waals surface area contributed by atoms with Crippen molar-refractivity contribution in [2.45, 2.75) is 6.61 Å². The SMILES string of the molecule is Fc1ccc(COc2ccccc2/C=N/Nc2nc(N3CCOCC3)nc(N3CCOCC3)n2)cc1. The van der Waals surface area contributed by atoms with E-state index in [0.29, 0.717) is 82.8 Å². The van der Waals surface area contributed by atoms with Gasteiger partial charge in [0.1, 0.15) is 18.2 Å². The lowest BCUT2D eigenvalue weighted by Gasteiger charge is -2.30. The fourth-order valence-corrected chi connectivity index (χ4v) is 3.83. The Hall–Kier alpha value is -3.83. The summed E-state index contributed by atoms with van der Waals surface area (Å²) in [4.78, 5) is 18.1. The maximum absolute atomic E-state index is 13.2. The highest BCUT2D eigenvalue weighted by Gasteiger charge is 2.20. The molecule has 2 aromatic carbocycles. The molecule has 188 valence electrons. The molecule has 1 N–H and O–H groups in total. The van der Waals surface area contributed by atoms with Gasteiger partial charge >= 0.3 is 0 Å². The number of hydrogen-bond acceptors (Lipinski definition) is 10. The van der Waals surface area contributed by atoms with Gasteiger partial charge < -0.3 is 24.0 Å². The van der Waals surface area contributed by atoms with Crippen LogP contribution in [0.2, 0.25) is 0 Å². The number of halogens is 1. The molecule has 2 aliphatic heterocycles. The summed E-state index contributed by atoms with van der Waals surface area (Å²) in [7, 11) is 0. The summed E-state index contributed by atoms with van der Waals surface area (Å²) < 4.78 is 30.0. The van der Waals surface area contributed by atoms with E-state index in [-0.39, 0.29) is 5.82 Å². The van der Waals surface area contributed by atoms with Crippen molar-refractivity contribution in [3.8, 4) is 5.75 Å². The average molecular weight is 494 g/mol. The molecule has 0 aliphatic carbocycles. The lowest BCUT2D eigenvalue weighted by molar-refractivity contribution is 0.121. The lowest BCUT2D eigenvalue weighted by Crippen LogP contribution is -2.40. The molecule has 0 atom stereocenters. The second-order valence-corrected chi connectivity index (χ2v) is 8.28. The highest BCUT2D eigenvalue weighted by molar-refractivity contribution is 5.83. The van der Waals surface area contributed by atoms with Gasteiger partial charge in [0.15, 0.2) is 0 Å². The molecule has 3 aromatic rings. The summed E-state index contributed by atoms with van der Waals surface area (Å²) >= 11 is 0. The number of benzene rings is 2. The number of hydrogen-bond donors (Lipinski definition) is 1. The van der Waals surface area contributed by atoms with Gasteiger partial charge in [0.05, 0.1) is 32.6 Å². The Bertz CT molecular complexity index is 1130. The molecule has 0 radical (unpaired) electrons. The molecule has 10 nitrogen and oxygen atoms in total. The van der Waals surface area contributed by atoms with Crippen molar-refractivity contribution in [2.75, 3.05) is 67.8 Å². The van der Waals surface area contributed by atoms with Crippen LogP contribution < -0.4 is 20.0 Å². The Morgan fingerprint density at radius 3 is 2.11 bits per heavy atom. The third-order valence-electron chi connectivity index (χ3n) is 5.79. The highest BCUT2D eigenvalue weighted by atomic mass is 19.1. The van der Waals surface area contributed by atoms with Crippen molar-refractivity contribution >= 4 is 24.1 Å². The molecule has 2 aliphatic rings. The molecule has 0 bridgehead atoms. The van der Waals surface area contributed by atoms with Crippen LogP contribution in [0.5, 0.6) is 5.75 Å². The number of nitrogens with zero attached hydrogens (tertiary/aromatic N) is 6. The Morgan fingerprint density at radius 2 is 1.47 bits per heavy atom. The van der Waals surface area contributed by atoms with Gasteiger partial charge in [0, 0.05) is 31.7 Å². The summed E-state index contributed by atoms with van der Waals surface area (Å²) in [5.74, 6) is 1.93. The number of nitrogens with one attached hydrogen (secondary N) is 1. The van der Waals surface area contributed by atoms with E-state index < -0.39 is 0 Å². The van der Waals surface area contributed by atoms with Crippen LogP contribution in [0.25, 0.3) is 0 Å². The number of anilines is 3. The average Bonchev–Trinajstić information content (AvgIpc) is 2.94. The Morgan fingerprint density at radius 1 is 0.861 bits per heavy atom. The Labute approximate surface area is 208 Å². The molecule has 3 heterocycles. The van der Waals surface area contributed by atoms with Crippen LogP contribution in [0.3, 0.4) is 0 Å².